The van der Waals surface area contributed by atoms with Gasteiger partial charge < -0.3 is 33.9 Å². The van der Waals surface area contributed by atoms with Gasteiger partial charge in [-0.05, 0) is 25.5 Å². The summed E-state index contributed by atoms with van der Waals surface area (Å²) in [6, 6.07) is 4.59. The number of carbonyl (C=O) groups is 1. The zero-order chi connectivity index (χ0) is 28.6. The molecule has 5 atom stereocenters. The van der Waals surface area contributed by atoms with Gasteiger partial charge in [0, 0.05) is 70.3 Å². The second-order valence-electron chi connectivity index (χ2n) is 10.6. The molecule has 2 aliphatic rings. The van der Waals surface area contributed by atoms with Crippen LogP contribution < -0.4 is 19.3 Å². The molecule has 3 heterocycles. The number of nitrogens with zero attached hydrogens (tertiary/aromatic N) is 4. The van der Waals surface area contributed by atoms with E-state index in [0.29, 0.717) is 69.0 Å². The van der Waals surface area contributed by atoms with Crippen LogP contribution in [-0.4, -0.2) is 85.9 Å². The highest BCUT2D eigenvalue weighted by Crippen LogP contribution is 2.34. The monoisotopic (exact) mass is 560 g/mol. The Morgan fingerprint density at radius 1 is 1.15 bits per heavy atom. The second-order valence-corrected chi connectivity index (χ2v) is 10.6. The van der Waals surface area contributed by atoms with Crippen LogP contribution in [0, 0.1) is 17.7 Å². The summed E-state index contributed by atoms with van der Waals surface area (Å²) in [4.78, 5) is 24.7. The van der Waals surface area contributed by atoms with E-state index in [1.807, 2.05) is 23.6 Å². The summed E-state index contributed by atoms with van der Waals surface area (Å²) >= 11 is 0. The lowest BCUT2D eigenvalue weighted by molar-refractivity contribution is -0.137. The van der Waals surface area contributed by atoms with Gasteiger partial charge in [-0.2, -0.15) is 0 Å². The number of hydrogen-bond acceptors (Lipinski definition) is 9. The first-order chi connectivity index (χ1) is 19.3. The van der Waals surface area contributed by atoms with Crippen molar-refractivity contribution in [1.82, 2.24) is 9.97 Å². The molecule has 1 aromatic carbocycles. The van der Waals surface area contributed by atoms with Gasteiger partial charge in [0.15, 0.2) is 0 Å². The molecule has 2 aliphatic heterocycles. The quantitative estimate of drug-likeness (QED) is 0.361. The minimum absolute atomic E-state index is 0.0107. The fraction of sp³-hybridized carbons (Fsp3) is 0.621. The number of halogens is 1. The van der Waals surface area contributed by atoms with E-state index in [2.05, 4.69) is 16.9 Å². The number of aromatic nitrogens is 2. The van der Waals surface area contributed by atoms with Gasteiger partial charge in [0.1, 0.15) is 23.5 Å². The Hall–Kier alpha value is -3.18. The van der Waals surface area contributed by atoms with Crippen LogP contribution in [-0.2, 0) is 14.3 Å². The lowest BCUT2D eigenvalue weighted by Crippen LogP contribution is -2.44. The van der Waals surface area contributed by atoms with Crippen LogP contribution in [0.15, 0.2) is 30.6 Å². The molecule has 0 aliphatic carbocycles. The van der Waals surface area contributed by atoms with Gasteiger partial charge in [0.05, 0.1) is 37.2 Å². The van der Waals surface area contributed by atoms with Gasteiger partial charge in [0.2, 0.25) is 5.88 Å². The summed E-state index contributed by atoms with van der Waals surface area (Å²) in [5.74, 6) is 0.676. The molecule has 1 aromatic heterocycles. The van der Waals surface area contributed by atoms with Crippen molar-refractivity contribution in [2.45, 2.75) is 58.3 Å². The van der Waals surface area contributed by atoms with Crippen LogP contribution in [0.4, 0.5) is 15.9 Å². The molecule has 4 rings (SSSR count). The molecule has 1 N–H and O–H groups in total. The second kappa shape index (κ2) is 13.9. The third-order valence-corrected chi connectivity index (χ3v) is 7.76. The fourth-order valence-electron chi connectivity index (χ4n) is 5.59. The van der Waals surface area contributed by atoms with E-state index in [-0.39, 0.29) is 42.3 Å². The normalized spacial score (nSPS) is 24.8. The third-order valence-electron chi connectivity index (χ3n) is 7.76. The predicted molar refractivity (Wildman–Crippen MR) is 149 cm³/mol. The molecule has 0 amide bonds. The van der Waals surface area contributed by atoms with Crippen molar-refractivity contribution in [1.29, 1.82) is 0 Å². The van der Waals surface area contributed by atoms with Gasteiger partial charge in [0.25, 0.3) is 0 Å². The van der Waals surface area contributed by atoms with E-state index >= 15 is 0 Å². The van der Waals surface area contributed by atoms with Gasteiger partial charge >= 0.3 is 5.97 Å². The average Bonchev–Trinajstić information content (AvgIpc) is 3.23. The Labute approximate surface area is 235 Å². The van der Waals surface area contributed by atoms with E-state index in [1.54, 1.807) is 31.6 Å². The molecule has 2 saturated heterocycles. The number of piperidine rings is 1. The topological polar surface area (TPSA) is 106 Å². The minimum atomic E-state index is -0.861. The van der Waals surface area contributed by atoms with E-state index in [1.165, 1.54) is 6.07 Å². The summed E-state index contributed by atoms with van der Waals surface area (Å²) in [5.41, 5.74) is 0.539. The molecule has 2 fully saturated rings. The van der Waals surface area contributed by atoms with Gasteiger partial charge in [-0.3, -0.25) is 4.79 Å². The molecule has 220 valence electrons. The van der Waals surface area contributed by atoms with Crippen molar-refractivity contribution < 1.29 is 33.2 Å². The van der Waals surface area contributed by atoms with E-state index in [0.717, 1.165) is 6.42 Å². The predicted octanol–water partition coefficient (Wildman–Crippen LogP) is 4.03. The molecule has 40 heavy (non-hydrogen) atoms. The molecule has 0 bridgehead atoms. The van der Waals surface area contributed by atoms with Crippen LogP contribution in [0.2, 0.25) is 0 Å². The molecule has 0 unspecified atom stereocenters. The zero-order valence-electron chi connectivity index (χ0n) is 23.8. The zero-order valence-corrected chi connectivity index (χ0v) is 23.8. The van der Waals surface area contributed by atoms with Crippen molar-refractivity contribution in [3.8, 4) is 11.6 Å². The molecule has 0 radical (unpaired) electrons. The number of hydrogen-bond donors (Lipinski definition) is 1. The van der Waals surface area contributed by atoms with E-state index in [9.17, 15) is 14.3 Å². The number of rotatable bonds is 13. The smallest absolute Gasteiger partial charge is 0.305 e. The number of aliphatic carboxylic acids is 1. The number of carboxylic acid groups (broad SMARTS) is 1. The van der Waals surface area contributed by atoms with Crippen molar-refractivity contribution in [2.24, 2.45) is 11.8 Å². The van der Waals surface area contributed by atoms with Crippen LogP contribution in [0.1, 0.15) is 40.0 Å². The van der Waals surface area contributed by atoms with Gasteiger partial charge in [-0.1, -0.05) is 13.8 Å². The lowest BCUT2D eigenvalue weighted by atomic mass is 9.96. The highest BCUT2D eigenvalue weighted by Gasteiger charge is 2.41. The molecule has 2 aromatic rings. The Bertz CT molecular complexity index is 1110. The molecular weight excluding hydrogens is 519 g/mol. The molecule has 0 spiro atoms. The van der Waals surface area contributed by atoms with Crippen molar-refractivity contribution >= 4 is 17.5 Å². The van der Waals surface area contributed by atoms with Crippen LogP contribution in [0.5, 0.6) is 11.6 Å². The first-order valence-electron chi connectivity index (χ1n) is 14.1. The largest absolute Gasteiger partial charge is 0.494 e. The Kier molecular flexibility index (Phi) is 10.4. The maximum Gasteiger partial charge on any atom is 0.305 e. The maximum atomic E-state index is 14.6. The summed E-state index contributed by atoms with van der Waals surface area (Å²) in [5, 5.41) is 9.51. The third kappa shape index (κ3) is 7.31. The first-order valence-corrected chi connectivity index (χ1v) is 14.1. The van der Waals surface area contributed by atoms with Crippen LogP contribution >= 0.6 is 0 Å². The Morgan fingerprint density at radius 3 is 2.65 bits per heavy atom. The highest BCUT2D eigenvalue weighted by molar-refractivity contribution is 5.68. The van der Waals surface area contributed by atoms with E-state index < -0.39 is 5.97 Å². The number of methoxy groups -OCH3 is 1. The number of benzene rings is 1. The number of ether oxygens (including phenoxy) is 4. The summed E-state index contributed by atoms with van der Waals surface area (Å²) < 4.78 is 37.5. The van der Waals surface area contributed by atoms with Crippen molar-refractivity contribution in [2.75, 3.05) is 56.4 Å². The van der Waals surface area contributed by atoms with E-state index in [4.69, 9.17) is 18.9 Å². The van der Waals surface area contributed by atoms with Crippen molar-refractivity contribution in [3.05, 3.63) is 36.4 Å². The SMILES string of the molecule is CCOc1ccc(F)c(N2CC[C@@H](Oc3cnc(N4C[C@H](OCCCOC)[C@@H](C)[C@@H]4CC(=O)O)cn3)[C@H](C)C2)c1. The van der Waals surface area contributed by atoms with Gasteiger partial charge in [-0.15, -0.1) is 0 Å². The number of carboxylic acids is 1. The number of anilines is 2. The van der Waals surface area contributed by atoms with Gasteiger partial charge in [-0.25, -0.2) is 14.4 Å². The summed E-state index contributed by atoms with van der Waals surface area (Å²) in [6.07, 6.45) is 4.50. The van der Waals surface area contributed by atoms with Crippen LogP contribution in [0.25, 0.3) is 0 Å². The van der Waals surface area contributed by atoms with Crippen LogP contribution in [0.3, 0.4) is 0 Å². The summed E-state index contributed by atoms with van der Waals surface area (Å²) in [7, 11) is 1.66. The fourth-order valence-corrected chi connectivity index (χ4v) is 5.59. The summed E-state index contributed by atoms with van der Waals surface area (Å²) in [6.45, 7) is 9.51. The lowest BCUT2D eigenvalue weighted by Gasteiger charge is -2.38. The molecular formula is C29H41FN4O6. The Morgan fingerprint density at radius 2 is 1.98 bits per heavy atom. The molecule has 11 heteroatoms. The highest BCUT2D eigenvalue weighted by atomic mass is 19.1. The standard InChI is InChI=1S/C29H41FN4O6/c1-5-38-21-7-8-22(30)24(13-21)33-10-9-25(19(2)17-33)40-28-16-31-27(15-32-28)34-18-26(39-12-6-11-37-4)20(3)23(34)14-29(35)36/h7-8,13,15-16,19-20,23,25-26H,5-6,9-12,14,17-18H2,1-4H3,(H,35,36)/t19-,20+,23+,25-,26+/m1/s1. The minimum Gasteiger partial charge on any atom is -0.494 e. The molecule has 10 nitrogen and oxygen atoms in total. The average molecular weight is 561 g/mol. The van der Waals surface area contributed by atoms with Crippen molar-refractivity contribution in [3.63, 3.8) is 0 Å². The molecule has 0 saturated carbocycles. The maximum absolute atomic E-state index is 14.6. The first kappa shape index (κ1) is 29.8. The Balaban J connectivity index is 1.37.